The minimum atomic E-state index is 0.656. The van der Waals surface area contributed by atoms with E-state index in [2.05, 4.69) is 40.2 Å². The zero-order valence-electron chi connectivity index (χ0n) is 7.96. The molecule has 0 unspecified atom stereocenters. The van der Waals surface area contributed by atoms with E-state index in [0.717, 1.165) is 4.47 Å². The zero-order valence-corrected chi connectivity index (χ0v) is 9.54. The van der Waals surface area contributed by atoms with Crippen molar-refractivity contribution in [1.82, 2.24) is 0 Å². The summed E-state index contributed by atoms with van der Waals surface area (Å²) in [5.74, 6) is 0. The predicted octanol–water partition coefficient (Wildman–Crippen LogP) is 3.75. The maximum Gasteiger partial charge on any atom is 0.0713 e. The SMILES string of the molecule is COCc1cc(Br)c2ccccc2c1. The largest absolute Gasteiger partial charge is 0.380 e. The Labute approximate surface area is 91.8 Å². The van der Waals surface area contributed by atoms with Gasteiger partial charge in [-0.15, -0.1) is 0 Å². The first kappa shape index (κ1) is 9.69. The van der Waals surface area contributed by atoms with Gasteiger partial charge in [-0.1, -0.05) is 40.2 Å². The molecular weight excluding hydrogens is 240 g/mol. The van der Waals surface area contributed by atoms with Crippen molar-refractivity contribution in [3.63, 3.8) is 0 Å². The fraction of sp³-hybridized carbons (Fsp3) is 0.167. The van der Waals surface area contributed by atoms with E-state index in [0.29, 0.717) is 6.61 Å². The average Bonchev–Trinajstić information content (AvgIpc) is 2.18. The highest BCUT2D eigenvalue weighted by Gasteiger charge is 2.00. The first-order chi connectivity index (χ1) is 6.81. The fourth-order valence-corrected chi connectivity index (χ4v) is 2.23. The van der Waals surface area contributed by atoms with Gasteiger partial charge in [0.15, 0.2) is 0 Å². The summed E-state index contributed by atoms with van der Waals surface area (Å²) < 4.78 is 6.24. The van der Waals surface area contributed by atoms with Crippen molar-refractivity contribution in [3.8, 4) is 0 Å². The molecule has 0 aromatic heterocycles. The second kappa shape index (κ2) is 4.11. The molecule has 0 saturated heterocycles. The highest BCUT2D eigenvalue weighted by atomic mass is 79.9. The third-order valence-corrected chi connectivity index (χ3v) is 2.84. The summed E-state index contributed by atoms with van der Waals surface area (Å²) in [5, 5.41) is 2.49. The number of methoxy groups -OCH3 is 1. The van der Waals surface area contributed by atoms with Gasteiger partial charge in [0, 0.05) is 11.6 Å². The number of ether oxygens (including phenoxy) is 1. The predicted molar refractivity (Wildman–Crippen MR) is 62.4 cm³/mol. The van der Waals surface area contributed by atoms with Crippen LogP contribution in [-0.4, -0.2) is 7.11 Å². The molecule has 0 aliphatic heterocycles. The number of fused-ring (bicyclic) bond motifs is 1. The molecule has 72 valence electrons. The molecule has 2 aromatic carbocycles. The van der Waals surface area contributed by atoms with Crippen molar-refractivity contribution in [1.29, 1.82) is 0 Å². The van der Waals surface area contributed by atoms with Crippen molar-refractivity contribution in [3.05, 3.63) is 46.4 Å². The molecule has 2 aromatic rings. The van der Waals surface area contributed by atoms with Crippen molar-refractivity contribution < 1.29 is 4.74 Å². The molecule has 0 amide bonds. The van der Waals surface area contributed by atoms with E-state index >= 15 is 0 Å². The van der Waals surface area contributed by atoms with Gasteiger partial charge in [0.05, 0.1) is 6.61 Å². The molecule has 14 heavy (non-hydrogen) atoms. The Hall–Kier alpha value is -0.860. The van der Waals surface area contributed by atoms with Crippen LogP contribution in [0.25, 0.3) is 10.8 Å². The standard InChI is InChI=1S/C12H11BrO/c1-14-8-9-6-10-4-2-3-5-11(10)12(13)7-9/h2-7H,8H2,1H3. The molecule has 0 bridgehead atoms. The van der Waals surface area contributed by atoms with Gasteiger partial charge in [0.2, 0.25) is 0 Å². The molecule has 0 aliphatic rings. The molecule has 0 heterocycles. The van der Waals surface area contributed by atoms with Gasteiger partial charge < -0.3 is 4.74 Å². The molecule has 0 fully saturated rings. The molecule has 2 rings (SSSR count). The van der Waals surface area contributed by atoms with Crippen LogP contribution in [0.3, 0.4) is 0 Å². The van der Waals surface area contributed by atoms with E-state index in [-0.39, 0.29) is 0 Å². The monoisotopic (exact) mass is 250 g/mol. The Morgan fingerprint density at radius 1 is 1.21 bits per heavy atom. The van der Waals surface area contributed by atoms with Crippen molar-refractivity contribution in [2.24, 2.45) is 0 Å². The molecule has 0 saturated carbocycles. The highest BCUT2D eigenvalue weighted by molar-refractivity contribution is 9.10. The van der Waals surface area contributed by atoms with E-state index in [9.17, 15) is 0 Å². The molecule has 0 radical (unpaired) electrons. The number of hydrogen-bond acceptors (Lipinski definition) is 1. The first-order valence-corrected chi connectivity index (χ1v) is 5.26. The lowest BCUT2D eigenvalue weighted by atomic mass is 10.1. The van der Waals surface area contributed by atoms with Gasteiger partial charge in [-0.25, -0.2) is 0 Å². The lowest BCUT2D eigenvalue weighted by Gasteiger charge is -2.05. The summed E-state index contributed by atoms with van der Waals surface area (Å²) >= 11 is 3.56. The zero-order chi connectivity index (χ0) is 9.97. The van der Waals surface area contributed by atoms with Crippen LogP contribution >= 0.6 is 15.9 Å². The number of rotatable bonds is 2. The second-order valence-corrected chi connectivity index (χ2v) is 4.09. The van der Waals surface area contributed by atoms with Crippen LogP contribution in [0, 0.1) is 0 Å². The third kappa shape index (κ3) is 1.81. The molecule has 0 aliphatic carbocycles. The number of halogens is 1. The van der Waals surface area contributed by atoms with Crippen molar-refractivity contribution >= 4 is 26.7 Å². The summed E-state index contributed by atoms with van der Waals surface area (Å²) in [6, 6.07) is 12.6. The Morgan fingerprint density at radius 3 is 2.79 bits per heavy atom. The minimum absolute atomic E-state index is 0.656. The smallest absolute Gasteiger partial charge is 0.0713 e. The van der Waals surface area contributed by atoms with Gasteiger partial charge in [-0.05, 0) is 28.5 Å². The van der Waals surface area contributed by atoms with Gasteiger partial charge in [-0.3, -0.25) is 0 Å². The maximum absolute atomic E-state index is 5.11. The van der Waals surface area contributed by atoms with E-state index in [1.807, 2.05) is 12.1 Å². The molecule has 0 N–H and O–H groups in total. The van der Waals surface area contributed by atoms with Crippen LogP contribution in [0.4, 0.5) is 0 Å². The van der Waals surface area contributed by atoms with Crippen LogP contribution in [0.1, 0.15) is 5.56 Å². The quantitative estimate of drug-likeness (QED) is 0.789. The van der Waals surface area contributed by atoms with Crippen molar-refractivity contribution in [2.75, 3.05) is 7.11 Å². The average molecular weight is 251 g/mol. The summed E-state index contributed by atoms with van der Waals surface area (Å²) in [5.41, 5.74) is 1.19. The summed E-state index contributed by atoms with van der Waals surface area (Å²) in [6.45, 7) is 0.656. The topological polar surface area (TPSA) is 9.23 Å². The van der Waals surface area contributed by atoms with Crippen LogP contribution < -0.4 is 0 Å². The summed E-state index contributed by atoms with van der Waals surface area (Å²) in [7, 11) is 1.71. The van der Waals surface area contributed by atoms with E-state index < -0.39 is 0 Å². The normalized spacial score (nSPS) is 10.7. The molecule has 2 heteroatoms. The van der Waals surface area contributed by atoms with Crippen LogP contribution in [0.5, 0.6) is 0 Å². The second-order valence-electron chi connectivity index (χ2n) is 3.23. The fourth-order valence-electron chi connectivity index (χ4n) is 1.57. The molecule has 1 nitrogen and oxygen atoms in total. The lowest BCUT2D eigenvalue weighted by molar-refractivity contribution is 0.185. The van der Waals surface area contributed by atoms with Gasteiger partial charge >= 0.3 is 0 Å². The molecular formula is C12H11BrO. The van der Waals surface area contributed by atoms with Crippen LogP contribution in [-0.2, 0) is 11.3 Å². The van der Waals surface area contributed by atoms with E-state index in [1.165, 1.54) is 16.3 Å². The van der Waals surface area contributed by atoms with E-state index in [1.54, 1.807) is 7.11 Å². The Balaban J connectivity index is 2.60. The highest BCUT2D eigenvalue weighted by Crippen LogP contribution is 2.25. The van der Waals surface area contributed by atoms with Crippen LogP contribution in [0.15, 0.2) is 40.9 Å². The maximum atomic E-state index is 5.11. The summed E-state index contributed by atoms with van der Waals surface area (Å²) in [6.07, 6.45) is 0. The van der Waals surface area contributed by atoms with Crippen molar-refractivity contribution in [2.45, 2.75) is 6.61 Å². The number of benzene rings is 2. The Morgan fingerprint density at radius 2 is 2.00 bits per heavy atom. The summed E-state index contributed by atoms with van der Waals surface area (Å²) in [4.78, 5) is 0. The minimum Gasteiger partial charge on any atom is -0.380 e. The Bertz CT molecular complexity index is 451. The molecule has 0 atom stereocenters. The first-order valence-electron chi connectivity index (χ1n) is 4.47. The number of hydrogen-bond donors (Lipinski definition) is 0. The van der Waals surface area contributed by atoms with E-state index in [4.69, 9.17) is 4.74 Å². The van der Waals surface area contributed by atoms with Gasteiger partial charge in [0.25, 0.3) is 0 Å². The third-order valence-electron chi connectivity index (χ3n) is 2.18. The van der Waals surface area contributed by atoms with Gasteiger partial charge in [0.1, 0.15) is 0 Å². The van der Waals surface area contributed by atoms with Gasteiger partial charge in [-0.2, -0.15) is 0 Å². The van der Waals surface area contributed by atoms with Crippen LogP contribution in [0.2, 0.25) is 0 Å². The Kier molecular flexibility index (Phi) is 2.85. The molecule has 0 spiro atoms. The lowest BCUT2D eigenvalue weighted by Crippen LogP contribution is -1.87.